The molecule has 0 aliphatic rings. The van der Waals surface area contributed by atoms with Gasteiger partial charge in [-0.1, -0.05) is 11.6 Å². The van der Waals surface area contributed by atoms with Gasteiger partial charge in [0.15, 0.2) is 5.16 Å². The van der Waals surface area contributed by atoms with Crippen molar-refractivity contribution in [3.8, 4) is 0 Å². The molecule has 2 aromatic rings. The van der Waals surface area contributed by atoms with Gasteiger partial charge in [0.2, 0.25) is 0 Å². The highest BCUT2D eigenvalue weighted by Gasteiger charge is 2.09. The van der Waals surface area contributed by atoms with Crippen LogP contribution in [0.4, 0.5) is 0 Å². The highest BCUT2D eigenvalue weighted by molar-refractivity contribution is 7.99. The van der Waals surface area contributed by atoms with Gasteiger partial charge in [0.05, 0.1) is 0 Å². The molecule has 0 aromatic carbocycles. The maximum Gasteiger partial charge on any atom is 0.192 e. The van der Waals surface area contributed by atoms with Crippen LogP contribution in [0.2, 0.25) is 5.15 Å². The Labute approximate surface area is 95.9 Å². The minimum atomic E-state index is 0.467. The third-order valence-corrected chi connectivity index (χ3v) is 3.37. The molecule has 0 bridgehead atoms. The first-order valence-electron chi connectivity index (χ1n) is 4.17. The van der Waals surface area contributed by atoms with Crippen molar-refractivity contribution < 1.29 is 0 Å². The average Bonchev–Trinajstić information content (AvgIpc) is 2.60. The Hall–Kier alpha value is -1.14. The lowest BCUT2D eigenvalue weighted by Crippen LogP contribution is -1.95. The summed E-state index contributed by atoms with van der Waals surface area (Å²) in [5, 5.41) is 6.01. The highest BCUT2D eigenvalue weighted by Crippen LogP contribution is 2.28. The average molecular weight is 242 g/mol. The Morgan fingerprint density at radius 2 is 2.07 bits per heavy atom. The Morgan fingerprint density at radius 1 is 1.27 bits per heavy atom. The third-order valence-electron chi connectivity index (χ3n) is 1.83. The van der Waals surface area contributed by atoms with Crippen LogP contribution in [0.25, 0.3) is 0 Å². The van der Waals surface area contributed by atoms with Gasteiger partial charge in [0, 0.05) is 12.6 Å². The van der Waals surface area contributed by atoms with Gasteiger partial charge in [-0.25, -0.2) is 19.6 Å². The minimum absolute atomic E-state index is 0.467. The van der Waals surface area contributed by atoms with E-state index in [1.807, 2.05) is 14.0 Å². The van der Waals surface area contributed by atoms with Gasteiger partial charge in [-0.05, 0) is 18.7 Å². The smallest absolute Gasteiger partial charge is 0.192 e. The molecular formula is C8H8ClN5S. The van der Waals surface area contributed by atoms with E-state index in [-0.39, 0.29) is 0 Å². The molecule has 0 aliphatic heterocycles. The third kappa shape index (κ3) is 2.10. The van der Waals surface area contributed by atoms with Crippen LogP contribution in [-0.4, -0.2) is 24.7 Å². The normalized spacial score (nSPS) is 10.6. The van der Waals surface area contributed by atoms with Crippen LogP contribution >= 0.6 is 23.4 Å². The summed E-state index contributed by atoms with van der Waals surface area (Å²) in [5.74, 6) is 0. The van der Waals surface area contributed by atoms with Crippen molar-refractivity contribution in [2.45, 2.75) is 17.1 Å². The molecule has 0 spiro atoms. The number of halogens is 1. The Morgan fingerprint density at radius 3 is 2.73 bits per heavy atom. The van der Waals surface area contributed by atoms with E-state index in [4.69, 9.17) is 11.6 Å². The lowest BCUT2D eigenvalue weighted by Gasteiger charge is -2.03. The first-order chi connectivity index (χ1) is 7.18. The fraction of sp³-hybridized carbons (Fsp3) is 0.250. The van der Waals surface area contributed by atoms with Crippen LogP contribution in [0.15, 0.2) is 22.8 Å². The fourth-order valence-corrected chi connectivity index (χ4v) is 1.97. The molecule has 0 aliphatic carbocycles. The van der Waals surface area contributed by atoms with E-state index in [1.165, 1.54) is 24.4 Å². The van der Waals surface area contributed by atoms with Crippen molar-refractivity contribution in [1.82, 2.24) is 24.7 Å². The molecule has 7 heteroatoms. The topological polar surface area (TPSA) is 56.5 Å². The van der Waals surface area contributed by atoms with Crippen LogP contribution in [0.5, 0.6) is 0 Å². The van der Waals surface area contributed by atoms with Crippen LogP contribution in [-0.2, 0) is 7.05 Å². The minimum Gasteiger partial charge on any atom is -0.244 e. The number of aromatic nitrogens is 5. The first-order valence-corrected chi connectivity index (χ1v) is 5.37. The Bertz CT molecular complexity index is 484. The van der Waals surface area contributed by atoms with E-state index >= 15 is 0 Å². The summed E-state index contributed by atoms with van der Waals surface area (Å²) < 4.78 is 1.68. The van der Waals surface area contributed by atoms with Crippen molar-refractivity contribution in [3.05, 3.63) is 23.4 Å². The van der Waals surface area contributed by atoms with Crippen molar-refractivity contribution >= 4 is 23.4 Å². The van der Waals surface area contributed by atoms with Crippen molar-refractivity contribution in [2.75, 3.05) is 0 Å². The van der Waals surface area contributed by atoms with Gasteiger partial charge in [0.1, 0.15) is 22.8 Å². The molecule has 2 aromatic heterocycles. The Balaban J connectivity index is 2.33. The molecular weight excluding hydrogens is 234 g/mol. The molecule has 0 amide bonds. The number of aryl methyl sites for hydroxylation is 1. The molecule has 0 radical (unpaired) electrons. The Kier molecular flexibility index (Phi) is 2.88. The van der Waals surface area contributed by atoms with E-state index in [9.17, 15) is 0 Å². The molecule has 0 saturated carbocycles. The highest BCUT2D eigenvalue weighted by atomic mass is 35.5. The zero-order valence-electron chi connectivity index (χ0n) is 8.18. The largest absolute Gasteiger partial charge is 0.244 e. The maximum absolute atomic E-state index is 5.89. The van der Waals surface area contributed by atoms with Gasteiger partial charge < -0.3 is 0 Å². The van der Waals surface area contributed by atoms with Gasteiger partial charge in [-0.3, -0.25) is 0 Å². The maximum atomic E-state index is 5.89. The molecule has 5 nitrogen and oxygen atoms in total. The molecule has 0 saturated heterocycles. The summed E-state index contributed by atoms with van der Waals surface area (Å²) >= 11 is 7.30. The standard InChI is InChI=1S/C8H8ClN5S/c1-5-6(9)10-3-11-7(5)15-8-12-4-13-14(8)2/h3-4H,1-2H3. The number of hydrogen-bond acceptors (Lipinski definition) is 5. The second-order valence-corrected chi connectivity index (χ2v) is 4.18. The summed E-state index contributed by atoms with van der Waals surface area (Å²) in [6.45, 7) is 1.88. The number of nitrogens with zero attached hydrogens (tertiary/aromatic N) is 5. The summed E-state index contributed by atoms with van der Waals surface area (Å²) in [6.07, 6.45) is 2.94. The lowest BCUT2D eigenvalue weighted by molar-refractivity contribution is 0.684. The second kappa shape index (κ2) is 4.16. The van der Waals surface area contributed by atoms with Gasteiger partial charge in [-0.2, -0.15) is 5.10 Å². The summed E-state index contributed by atoms with van der Waals surface area (Å²) in [4.78, 5) is 12.1. The summed E-state index contributed by atoms with van der Waals surface area (Å²) in [6, 6.07) is 0. The first kappa shape index (κ1) is 10.4. The quantitative estimate of drug-likeness (QED) is 0.750. The van der Waals surface area contributed by atoms with E-state index in [1.54, 1.807) is 4.68 Å². The number of hydrogen-bond donors (Lipinski definition) is 0. The second-order valence-electron chi connectivity index (χ2n) is 2.86. The van der Waals surface area contributed by atoms with E-state index < -0.39 is 0 Å². The van der Waals surface area contributed by atoms with Crippen LogP contribution in [0, 0.1) is 6.92 Å². The van der Waals surface area contributed by atoms with Crippen molar-refractivity contribution in [3.63, 3.8) is 0 Å². The van der Waals surface area contributed by atoms with E-state index in [2.05, 4.69) is 20.1 Å². The fourth-order valence-electron chi connectivity index (χ4n) is 0.981. The van der Waals surface area contributed by atoms with E-state index in [0.29, 0.717) is 5.15 Å². The molecule has 0 atom stereocenters. The van der Waals surface area contributed by atoms with Gasteiger partial charge in [-0.15, -0.1) is 0 Å². The molecule has 0 N–H and O–H groups in total. The molecule has 0 fully saturated rings. The molecule has 2 rings (SSSR count). The van der Waals surface area contributed by atoms with Gasteiger partial charge >= 0.3 is 0 Å². The van der Waals surface area contributed by atoms with E-state index in [0.717, 1.165) is 15.7 Å². The molecule has 78 valence electrons. The zero-order chi connectivity index (χ0) is 10.8. The van der Waals surface area contributed by atoms with Crippen LogP contribution in [0.3, 0.4) is 0 Å². The SMILES string of the molecule is Cc1c(Cl)ncnc1Sc1ncnn1C. The monoisotopic (exact) mass is 241 g/mol. The number of rotatable bonds is 2. The molecule has 0 unspecified atom stereocenters. The van der Waals surface area contributed by atoms with Crippen molar-refractivity contribution in [2.24, 2.45) is 7.05 Å². The van der Waals surface area contributed by atoms with Gasteiger partial charge in [0.25, 0.3) is 0 Å². The summed E-state index contributed by atoms with van der Waals surface area (Å²) in [7, 11) is 1.83. The lowest BCUT2D eigenvalue weighted by atomic mass is 10.4. The molecule has 2 heterocycles. The predicted octanol–water partition coefficient (Wildman–Crippen LogP) is 1.72. The van der Waals surface area contributed by atoms with Crippen molar-refractivity contribution in [1.29, 1.82) is 0 Å². The molecule has 15 heavy (non-hydrogen) atoms. The van der Waals surface area contributed by atoms with Crippen LogP contribution < -0.4 is 0 Å². The van der Waals surface area contributed by atoms with Crippen LogP contribution in [0.1, 0.15) is 5.56 Å². The zero-order valence-corrected chi connectivity index (χ0v) is 9.75. The predicted molar refractivity (Wildman–Crippen MR) is 56.9 cm³/mol. The summed E-state index contributed by atoms with van der Waals surface area (Å²) in [5.41, 5.74) is 0.854.